The van der Waals surface area contributed by atoms with Gasteiger partial charge in [0.25, 0.3) is 5.91 Å². The summed E-state index contributed by atoms with van der Waals surface area (Å²) >= 11 is 1.47. The zero-order valence-electron chi connectivity index (χ0n) is 11.5. The standard InChI is InChI=1S/C14H17N3O2S/c1-3-5-12-11(9-16-14(17-12)20-2)13(18)15-8-10-6-4-7-19-10/h4,6-7,9H,3,5,8H2,1-2H3,(H,15,18). The van der Waals surface area contributed by atoms with Crippen LogP contribution in [0.15, 0.2) is 34.2 Å². The van der Waals surface area contributed by atoms with Crippen molar-refractivity contribution < 1.29 is 9.21 Å². The van der Waals surface area contributed by atoms with Crippen LogP contribution in [-0.4, -0.2) is 22.1 Å². The number of aryl methyl sites for hydroxylation is 1. The number of nitrogens with zero attached hydrogens (tertiary/aromatic N) is 2. The zero-order chi connectivity index (χ0) is 14.4. The Hall–Kier alpha value is -1.82. The van der Waals surface area contributed by atoms with Crippen LogP contribution in [0.2, 0.25) is 0 Å². The number of aromatic nitrogens is 2. The quantitative estimate of drug-likeness (QED) is 0.654. The topological polar surface area (TPSA) is 68.0 Å². The molecule has 6 heteroatoms. The number of furan rings is 1. The van der Waals surface area contributed by atoms with E-state index in [1.54, 1.807) is 18.5 Å². The van der Waals surface area contributed by atoms with Crippen molar-refractivity contribution in [1.82, 2.24) is 15.3 Å². The largest absolute Gasteiger partial charge is 0.467 e. The molecule has 0 saturated heterocycles. The minimum absolute atomic E-state index is 0.169. The zero-order valence-corrected chi connectivity index (χ0v) is 12.4. The van der Waals surface area contributed by atoms with E-state index in [0.717, 1.165) is 24.3 Å². The van der Waals surface area contributed by atoms with E-state index in [2.05, 4.69) is 22.2 Å². The van der Waals surface area contributed by atoms with Gasteiger partial charge in [-0.25, -0.2) is 9.97 Å². The lowest BCUT2D eigenvalue weighted by atomic mass is 10.1. The molecule has 2 rings (SSSR count). The van der Waals surface area contributed by atoms with Gasteiger partial charge in [0.15, 0.2) is 5.16 Å². The lowest BCUT2D eigenvalue weighted by molar-refractivity contribution is 0.0946. The van der Waals surface area contributed by atoms with Crippen LogP contribution in [0, 0.1) is 0 Å². The molecule has 0 atom stereocenters. The van der Waals surface area contributed by atoms with Gasteiger partial charge in [0, 0.05) is 6.20 Å². The first kappa shape index (κ1) is 14.6. The van der Waals surface area contributed by atoms with Gasteiger partial charge in [0.05, 0.1) is 24.1 Å². The maximum atomic E-state index is 12.2. The SMILES string of the molecule is CCCc1nc(SC)ncc1C(=O)NCc1ccco1. The van der Waals surface area contributed by atoms with E-state index in [-0.39, 0.29) is 5.91 Å². The highest BCUT2D eigenvalue weighted by Crippen LogP contribution is 2.14. The first-order chi connectivity index (χ1) is 9.74. The van der Waals surface area contributed by atoms with Crippen LogP contribution < -0.4 is 5.32 Å². The molecule has 20 heavy (non-hydrogen) atoms. The Kier molecular flexibility index (Phi) is 5.17. The van der Waals surface area contributed by atoms with E-state index in [9.17, 15) is 4.79 Å². The average molecular weight is 291 g/mol. The monoisotopic (exact) mass is 291 g/mol. The Bertz CT molecular complexity index is 570. The van der Waals surface area contributed by atoms with Crippen molar-refractivity contribution in [3.63, 3.8) is 0 Å². The molecule has 0 saturated carbocycles. The van der Waals surface area contributed by atoms with Crippen molar-refractivity contribution in [3.8, 4) is 0 Å². The fourth-order valence-electron chi connectivity index (χ4n) is 1.79. The van der Waals surface area contributed by atoms with Crippen molar-refractivity contribution in [1.29, 1.82) is 0 Å². The third kappa shape index (κ3) is 3.60. The lowest BCUT2D eigenvalue weighted by Crippen LogP contribution is -2.24. The van der Waals surface area contributed by atoms with Crippen LogP contribution in [0.3, 0.4) is 0 Å². The summed E-state index contributed by atoms with van der Waals surface area (Å²) in [7, 11) is 0. The third-order valence-corrected chi connectivity index (χ3v) is 3.32. The van der Waals surface area contributed by atoms with Crippen molar-refractivity contribution in [2.45, 2.75) is 31.5 Å². The van der Waals surface area contributed by atoms with Crippen LogP contribution in [0.4, 0.5) is 0 Å². The highest BCUT2D eigenvalue weighted by Gasteiger charge is 2.14. The summed E-state index contributed by atoms with van der Waals surface area (Å²) in [5.41, 5.74) is 1.33. The van der Waals surface area contributed by atoms with E-state index in [4.69, 9.17) is 4.42 Å². The molecule has 0 radical (unpaired) electrons. The molecule has 0 bridgehead atoms. The summed E-state index contributed by atoms with van der Waals surface area (Å²) in [5, 5.41) is 3.51. The molecule has 5 nitrogen and oxygen atoms in total. The average Bonchev–Trinajstić information content (AvgIpc) is 2.98. The van der Waals surface area contributed by atoms with Gasteiger partial charge in [-0.05, 0) is 24.8 Å². The fourth-order valence-corrected chi connectivity index (χ4v) is 2.15. The van der Waals surface area contributed by atoms with Crippen LogP contribution in [-0.2, 0) is 13.0 Å². The third-order valence-electron chi connectivity index (χ3n) is 2.76. The molecule has 1 amide bonds. The molecule has 2 heterocycles. The van der Waals surface area contributed by atoms with Crippen LogP contribution >= 0.6 is 11.8 Å². The van der Waals surface area contributed by atoms with Gasteiger partial charge in [0.2, 0.25) is 0 Å². The maximum absolute atomic E-state index is 12.2. The molecule has 0 aliphatic carbocycles. The number of amides is 1. The van der Waals surface area contributed by atoms with Gasteiger partial charge in [-0.3, -0.25) is 4.79 Å². The van der Waals surface area contributed by atoms with Gasteiger partial charge in [-0.2, -0.15) is 0 Å². The minimum atomic E-state index is -0.169. The predicted molar refractivity (Wildman–Crippen MR) is 77.7 cm³/mol. The molecule has 0 aliphatic rings. The number of nitrogens with one attached hydrogen (secondary N) is 1. The fraction of sp³-hybridized carbons (Fsp3) is 0.357. The molecule has 0 aromatic carbocycles. The van der Waals surface area contributed by atoms with Crippen LogP contribution in [0.1, 0.15) is 35.2 Å². The number of thioether (sulfide) groups is 1. The number of carbonyl (C=O) groups excluding carboxylic acids is 1. The second-order valence-electron chi connectivity index (χ2n) is 4.23. The molecule has 2 aromatic rings. The first-order valence-corrected chi connectivity index (χ1v) is 7.67. The Morgan fingerprint density at radius 1 is 1.50 bits per heavy atom. The van der Waals surface area contributed by atoms with Gasteiger partial charge in [0.1, 0.15) is 5.76 Å². The minimum Gasteiger partial charge on any atom is -0.467 e. The van der Waals surface area contributed by atoms with Gasteiger partial charge in [-0.15, -0.1) is 0 Å². The van der Waals surface area contributed by atoms with E-state index in [1.165, 1.54) is 11.8 Å². The first-order valence-electron chi connectivity index (χ1n) is 6.45. The Morgan fingerprint density at radius 3 is 3.00 bits per heavy atom. The molecule has 2 aromatic heterocycles. The molecular weight excluding hydrogens is 274 g/mol. The van der Waals surface area contributed by atoms with E-state index in [1.807, 2.05) is 12.3 Å². The second-order valence-corrected chi connectivity index (χ2v) is 5.00. The molecule has 1 N–H and O–H groups in total. The second kappa shape index (κ2) is 7.09. The summed E-state index contributed by atoms with van der Waals surface area (Å²) in [5.74, 6) is 0.551. The van der Waals surface area contributed by atoms with E-state index in [0.29, 0.717) is 17.3 Å². The number of carbonyl (C=O) groups is 1. The van der Waals surface area contributed by atoms with Crippen molar-refractivity contribution >= 4 is 17.7 Å². The molecule has 0 spiro atoms. The van der Waals surface area contributed by atoms with Crippen molar-refractivity contribution in [2.24, 2.45) is 0 Å². The molecule has 0 aliphatic heterocycles. The van der Waals surface area contributed by atoms with Gasteiger partial charge >= 0.3 is 0 Å². The van der Waals surface area contributed by atoms with Gasteiger partial charge < -0.3 is 9.73 Å². The molecular formula is C14H17N3O2S. The highest BCUT2D eigenvalue weighted by molar-refractivity contribution is 7.98. The Morgan fingerprint density at radius 2 is 2.35 bits per heavy atom. The number of hydrogen-bond acceptors (Lipinski definition) is 5. The smallest absolute Gasteiger partial charge is 0.255 e. The number of hydrogen-bond donors (Lipinski definition) is 1. The normalized spacial score (nSPS) is 10.5. The van der Waals surface area contributed by atoms with Gasteiger partial charge in [-0.1, -0.05) is 25.1 Å². The summed E-state index contributed by atoms with van der Waals surface area (Å²) in [4.78, 5) is 20.8. The highest BCUT2D eigenvalue weighted by atomic mass is 32.2. The maximum Gasteiger partial charge on any atom is 0.255 e. The Balaban J connectivity index is 2.11. The number of rotatable bonds is 6. The van der Waals surface area contributed by atoms with E-state index >= 15 is 0 Å². The predicted octanol–water partition coefficient (Wildman–Crippen LogP) is 2.67. The molecule has 106 valence electrons. The Labute approximate surface area is 122 Å². The summed E-state index contributed by atoms with van der Waals surface area (Å²) in [6, 6.07) is 3.61. The summed E-state index contributed by atoms with van der Waals surface area (Å²) < 4.78 is 5.18. The van der Waals surface area contributed by atoms with Crippen molar-refractivity contribution in [2.75, 3.05) is 6.26 Å². The van der Waals surface area contributed by atoms with Crippen molar-refractivity contribution in [3.05, 3.63) is 41.6 Å². The van der Waals surface area contributed by atoms with Crippen LogP contribution in [0.5, 0.6) is 0 Å². The molecule has 0 unspecified atom stereocenters. The molecule has 0 fully saturated rings. The van der Waals surface area contributed by atoms with Crippen LogP contribution in [0.25, 0.3) is 0 Å². The summed E-state index contributed by atoms with van der Waals surface area (Å²) in [6.45, 7) is 2.42. The lowest BCUT2D eigenvalue weighted by Gasteiger charge is -2.08. The van der Waals surface area contributed by atoms with E-state index < -0.39 is 0 Å². The summed E-state index contributed by atoms with van der Waals surface area (Å²) in [6.07, 6.45) is 6.80.